The van der Waals surface area contributed by atoms with Crippen LogP contribution in [-0.4, -0.2) is 52.4 Å². The minimum atomic E-state index is -0.00792. The second-order valence-corrected chi connectivity index (χ2v) is 8.18. The molecule has 3 heterocycles. The number of carbonyl (C=O) groups excluding carboxylic acids is 2. The molecule has 140 valence electrons. The molecule has 1 aliphatic carbocycles. The molecule has 4 fully saturated rings. The SMILES string of the molecule is O=C(CCc1ccc(O)cc1)N1C[C@@H]2CC[C@H](C1)N(CC1CCC1)C2=O. The second kappa shape index (κ2) is 7.29. The van der Waals surface area contributed by atoms with Crippen LogP contribution in [0, 0.1) is 11.8 Å². The zero-order valence-corrected chi connectivity index (χ0v) is 15.3. The van der Waals surface area contributed by atoms with Crippen LogP contribution in [0.1, 0.15) is 44.1 Å². The van der Waals surface area contributed by atoms with E-state index in [4.69, 9.17) is 0 Å². The number of amides is 2. The summed E-state index contributed by atoms with van der Waals surface area (Å²) in [5.41, 5.74) is 1.05. The van der Waals surface area contributed by atoms with Crippen LogP contribution in [0.25, 0.3) is 0 Å². The summed E-state index contributed by atoms with van der Waals surface area (Å²) in [6.07, 6.45) is 6.87. The summed E-state index contributed by atoms with van der Waals surface area (Å²) in [7, 11) is 0. The highest BCUT2D eigenvalue weighted by Gasteiger charge is 2.42. The largest absolute Gasteiger partial charge is 0.508 e. The van der Waals surface area contributed by atoms with E-state index in [-0.39, 0.29) is 29.5 Å². The highest BCUT2D eigenvalue weighted by molar-refractivity contribution is 5.83. The molecule has 26 heavy (non-hydrogen) atoms. The summed E-state index contributed by atoms with van der Waals surface area (Å²) < 4.78 is 0. The summed E-state index contributed by atoms with van der Waals surface area (Å²) >= 11 is 0. The topological polar surface area (TPSA) is 60.9 Å². The molecule has 5 heteroatoms. The van der Waals surface area contributed by atoms with Crippen molar-refractivity contribution in [2.24, 2.45) is 11.8 Å². The quantitative estimate of drug-likeness (QED) is 0.882. The Morgan fingerprint density at radius 3 is 2.54 bits per heavy atom. The van der Waals surface area contributed by atoms with Crippen molar-refractivity contribution in [1.29, 1.82) is 0 Å². The third kappa shape index (κ3) is 3.57. The van der Waals surface area contributed by atoms with Crippen LogP contribution < -0.4 is 0 Å². The third-order valence-electron chi connectivity index (χ3n) is 6.39. The van der Waals surface area contributed by atoms with Gasteiger partial charge in [0.1, 0.15) is 5.75 Å². The summed E-state index contributed by atoms with van der Waals surface area (Å²) in [4.78, 5) is 29.6. The highest BCUT2D eigenvalue weighted by Crippen LogP contribution is 2.34. The molecular formula is C21H28N2O3. The molecule has 1 saturated carbocycles. The van der Waals surface area contributed by atoms with Crippen molar-refractivity contribution in [3.05, 3.63) is 29.8 Å². The maximum Gasteiger partial charge on any atom is 0.227 e. The summed E-state index contributed by atoms with van der Waals surface area (Å²) in [5, 5.41) is 9.36. The molecule has 4 aliphatic rings. The van der Waals surface area contributed by atoms with Crippen molar-refractivity contribution in [1.82, 2.24) is 9.80 Å². The molecule has 1 aromatic rings. The van der Waals surface area contributed by atoms with E-state index in [1.807, 2.05) is 17.0 Å². The molecule has 2 amide bonds. The van der Waals surface area contributed by atoms with Crippen molar-refractivity contribution >= 4 is 11.8 Å². The van der Waals surface area contributed by atoms with Crippen LogP contribution in [0.4, 0.5) is 0 Å². The minimum absolute atomic E-state index is 0.00792. The molecule has 3 saturated heterocycles. The van der Waals surface area contributed by atoms with Gasteiger partial charge >= 0.3 is 0 Å². The van der Waals surface area contributed by atoms with Gasteiger partial charge in [-0.25, -0.2) is 0 Å². The van der Waals surface area contributed by atoms with Gasteiger partial charge < -0.3 is 14.9 Å². The lowest BCUT2D eigenvalue weighted by molar-refractivity contribution is -0.141. The van der Waals surface area contributed by atoms with Crippen LogP contribution in [0.15, 0.2) is 24.3 Å². The van der Waals surface area contributed by atoms with E-state index in [0.29, 0.717) is 31.8 Å². The Bertz CT molecular complexity index is 668. The Hall–Kier alpha value is -2.04. The minimum Gasteiger partial charge on any atom is -0.508 e. The molecule has 0 unspecified atom stereocenters. The van der Waals surface area contributed by atoms with E-state index in [0.717, 1.165) is 24.9 Å². The zero-order chi connectivity index (χ0) is 18.1. The van der Waals surface area contributed by atoms with E-state index in [1.54, 1.807) is 12.1 Å². The number of hydrogen-bond acceptors (Lipinski definition) is 3. The normalized spacial score (nSPS) is 25.9. The molecule has 0 spiro atoms. The number of hydrogen-bond donors (Lipinski definition) is 1. The standard InChI is InChI=1S/C21H28N2O3/c24-19-9-4-15(5-10-19)6-11-20(25)22-13-17-7-8-18(14-22)23(21(17)26)12-16-2-1-3-16/h4-5,9-10,16-18,24H,1-3,6-8,11-14H2/t17-,18+/m0/s1. The first-order valence-corrected chi connectivity index (χ1v) is 9.96. The number of fused-ring (bicyclic) bond motifs is 4. The van der Waals surface area contributed by atoms with Crippen LogP contribution in [0.3, 0.4) is 0 Å². The van der Waals surface area contributed by atoms with E-state index in [9.17, 15) is 14.7 Å². The van der Waals surface area contributed by atoms with Crippen molar-refractivity contribution in [2.75, 3.05) is 19.6 Å². The number of piperidine rings is 1. The van der Waals surface area contributed by atoms with Gasteiger partial charge in [0.15, 0.2) is 0 Å². The number of phenols is 1. The maximum atomic E-state index is 12.8. The predicted molar refractivity (Wildman–Crippen MR) is 98.6 cm³/mol. The van der Waals surface area contributed by atoms with Gasteiger partial charge in [-0.05, 0) is 55.7 Å². The fraction of sp³-hybridized carbons (Fsp3) is 0.619. The monoisotopic (exact) mass is 356 g/mol. The average molecular weight is 356 g/mol. The molecular weight excluding hydrogens is 328 g/mol. The van der Waals surface area contributed by atoms with Crippen molar-refractivity contribution in [3.8, 4) is 5.75 Å². The van der Waals surface area contributed by atoms with Gasteiger partial charge in [-0.3, -0.25) is 9.59 Å². The number of benzene rings is 1. The van der Waals surface area contributed by atoms with Gasteiger partial charge in [-0.2, -0.15) is 0 Å². The Morgan fingerprint density at radius 1 is 1.08 bits per heavy atom. The molecule has 5 rings (SSSR count). The fourth-order valence-corrected chi connectivity index (χ4v) is 4.51. The second-order valence-electron chi connectivity index (χ2n) is 8.18. The van der Waals surface area contributed by atoms with Crippen molar-refractivity contribution in [3.63, 3.8) is 0 Å². The number of carbonyl (C=O) groups is 2. The lowest BCUT2D eigenvalue weighted by Crippen LogP contribution is -2.50. The van der Waals surface area contributed by atoms with Crippen LogP contribution in [-0.2, 0) is 16.0 Å². The third-order valence-corrected chi connectivity index (χ3v) is 6.39. The Kier molecular flexibility index (Phi) is 4.88. The lowest BCUT2D eigenvalue weighted by Gasteiger charge is -2.40. The van der Waals surface area contributed by atoms with Gasteiger partial charge in [0.25, 0.3) is 0 Å². The van der Waals surface area contributed by atoms with Crippen molar-refractivity contribution in [2.45, 2.75) is 51.0 Å². The number of aromatic hydroxyl groups is 1. The first-order valence-electron chi connectivity index (χ1n) is 9.96. The van der Waals surface area contributed by atoms with E-state index in [2.05, 4.69) is 4.90 Å². The van der Waals surface area contributed by atoms with E-state index < -0.39 is 0 Å². The van der Waals surface area contributed by atoms with Crippen molar-refractivity contribution < 1.29 is 14.7 Å². The van der Waals surface area contributed by atoms with Crippen LogP contribution >= 0.6 is 0 Å². The maximum absolute atomic E-state index is 12.8. The fourth-order valence-electron chi connectivity index (χ4n) is 4.51. The van der Waals surface area contributed by atoms with Gasteiger partial charge in [-0.1, -0.05) is 18.6 Å². The number of aryl methyl sites for hydroxylation is 1. The molecule has 1 N–H and O–H groups in total. The smallest absolute Gasteiger partial charge is 0.227 e. The first-order chi connectivity index (χ1) is 12.6. The summed E-state index contributed by atoms with van der Waals surface area (Å²) in [6, 6.07) is 7.24. The van der Waals surface area contributed by atoms with Gasteiger partial charge in [0.05, 0.1) is 5.92 Å². The Balaban J connectivity index is 1.37. The first kappa shape index (κ1) is 17.4. The molecule has 5 nitrogen and oxygen atoms in total. The Labute approximate surface area is 155 Å². The van der Waals surface area contributed by atoms with Gasteiger partial charge in [-0.15, -0.1) is 0 Å². The van der Waals surface area contributed by atoms with Gasteiger partial charge in [0.2, 0.25) is 11.8 Å². The Morgan fingerprint density at radius 2 is 1.85 bits per heavy atom. The molecule has 1 aromatic carbocycles. The highest BCUT2D eigenvalue weighted by atomic mass is 16.3. The molecule has 2 atom stereocenters. The van der Waals surface area contributed by atoms with Crippen LogP contribution in [0.2, 0.25) is 0 Å². The molecule has 0 radical (unpaired) electrons. The van der Waals surface area contributed by atoms with Gasteiger partial charge in [0, 0.05) is 32.1 Å². The number of nitrogens with zero attached hydrogens (tertiary/aromatic N) is 2. The van der Waals surface area contributed by atoms with E-state index in [1.165, 1.54) is 19.3 Å². The summed E-state index contributed by atoms with van der Waals surface area (Å²) in [6.45, 7) is 2.18. The van der Waals surface area contributed by atoms with E-state index >= 15 is 0 Å². The molecule has 2 bridgehead atoms. The molecule has 0 aromatic heterocycles. The zero-order valence-electron chi connectivity index (χ0n) is 15.3. The number of phenolic OH excluding ortho intramolecular Hbond substituents is 1. The van der Waals surface area contributed by atoms with Crippen LogP contribution in [0.5, 0.6) is 5.75 Å². The average Bonchev–Trinajstić information content (AvgIpc) is 2.89. The lowest BCUT2D eigenvalue weighted by atomic mass is 9.83. The number of rotatable bonds is 5. The molecule has 3 aliphatic heterocycles. The predicted octanol–water partition coefficient (Wildman–Crippen LogP) is 2.57. The summed E-state index contributed by atoms with van der Waals surface area (Å²) in [5.74, 6) is 1.34.